The van der Waals surface area contributed by atoms with Crippen LogP contribution in [0.2, 0.25) is 0 Å². The van der Waals surface area contributed by atoms with Crippen molar-refractivity contribution in [2.24, 2.45) is 5.41 Å². The maximum atomic E-state index is 10.3. The Hall–Kier alpha value is -0.120. The van der Waals surface area contributed by atoms with E-state index in [0.29, 0.717) is 5.41 Å². The molecule has 3 nitrogen and oxygen atoms in total. The van der Waals surface area contributed by atoms with Crippen LogP contribution in [-0.2, 0) is 4.74 Å². The number of aliphatic hydroxyl groups is 1. The fourth-order valence-electron chi connectivity index (χ4n) is 3.74. The van der Waals surface area contributed by atoms with E-state index in [-0.39, 0.29) is 5.60 Å². The molecule has 92 valence electrons. The number of likely N-dealkylation sites (tertiary alicyclic amines) is 1. The van der Waals surface area contributed by atoms with Gasteiger partial charge in [-0.15, -0.1) is 0 Å². The summed E-state index contributed by atoms with van der Waals surface area (Å²) in [6.07, 6.45) is 6.90. The van der Waals surface area contributed by atoms with E-state index in [1.807, 2.05) is 0 Å². The van der Waals surface area contributed by atoms with Gasteiger partial charge in [0.05, 0.1) is 5.60 Å². The largest absolute Gasteiger partial charge is 0.389 e. The van der Waals surface area contributed by atoms with Gasteiger partial charge in [0, 0.05) is 38.3 Å². The first-order chi connectivity index (χ1) is 7.70. The lowest BCUT2D eigenvalue weighted by Crippen LogP contribution is -2.61. The summed E-state index contributed by atoms with van der Waals surface area (Å²) in [5, 5.41) is 10.3. The molecule has 0 amide bonds. The molecule has 16 heavy (non-hydrogen) atoms. The van der Waals surface area contributed by atoms with E-state index in [4.69, 9.17) is 4.74 Å². The van der Waals surface area contributed by atoms with Gasteiger partial charge < -0.3 is 9.84 Å². The maximum Gasteiger partial charge on any atom is 0.0774 e. The van der Waals surface area contributed by atoms with Crippen LogP contribution in [0.15, 0.2) is 0 Å². The molecule has 2 aliphatic heterocycles. The van der Waals surface area contributed by atoms with Crippen LogP contribution in [0.25, 0.3) is 0 Å². The SMILES string of the molecule is OC1(CN2CC3(CCOCC3)C2)CCCC1. The van der Waals surface area contributed by atoms with Crippen LogP contribution in [0.1, 0.15) is 38.5 Å². The summed E-state index contributed by atoms with van der Waals surface area (Å²) in [5.74, 6) is 0. The van der Waals surface area contributed by atoms with Gasteiger partial charge in [0.25, 0.3) is 0 Å². The van der Waals surface area contributed by atoms with Gasteiger partial charge in [0.15, 0.2) is 0 Å². The minimum Gasteiger partial charge on any atom is -0.389 e. The number of rotatable bonds is 2. The number of hydrogen-bond acceptors (Lipinski definition) is 3. The van der Waals surface area contributed by atoms with Gasteiger partial charge in [-0.25, -0.2) is 0 Å². The molecule has 3 aliphatic rings. The van der Waals surface area contributed by atoms with Crippen molar-refractivity contribution in [1.82, 2.24) is 4.90 Å². The van der Waals surface area contributed by atoms with Crippen LogP contribution in [0.5, 0.6) is 0 Å². The van der Waals surface area contributed by atoms with Crippen LogP contribution in [0.4, 0.5) is 0 Å². The molecule has 3 fully saturated rings. The highest BCUT2D eigenvalue weighted by Gasteiger charge is 2.46. The molecular formula is C13H23NO2. The molecule has 1 spiro atoms. The Morgan fingerprint density at radius 2 is 1.62 bits per heavy atom. The third-order valence-corrected chi connectivity index (χ3v) is 4.72. The molecule has 1 aliphatic carbocycles. The first-order valence-corrected chi connectivity index (χ1v) is 6.72. The Kier molecular flexibility index (Phi) is 2.73. The van der Waals surface area contributed by atoms with E-state index >= 15 is 0 Å². The van der Waals surface area contributed by atoms with Crippen LogP contribution in [-0.4, -0.2) is 48.5 Å². The first kappa shape index (κ1) is 11.0. The van der Waals surface area contributed by atoms with Gasteiger partial charge in [-0.2, -0.15) is 0 Å². The second-order valence-corrected chi connectivity index (χ2v) is 6.19. The molecule has 2 saturated heterocycles. The van der Waals surface area contributed by atoms with E-state index in [1.54, 1.807) is 0 Å². The fourth-order valence-corrected chi connectivity index (χ4v) is 3.74. The third kappa shape index (κ3) is 2.01. The Morgan fingerprint density at radius 3 is 2.25 bits per heavy atom. The van der Waals surface area contributed by atoms with Crippen LogP contribution in [0, 0.1) is 5.41 Å². The van der Waals surface area contributed by atoms with Crippen molar-refractivity contribution in [2.45, 2.75) is 44.1 Å². The van der Waals surface area contributed by atoms with Crippen LogP contribution < -0.4 is 0 Å². The van der Waals surface area contributed by atoms with Crippen LogP contribution in [0.3, 0.4) is 0 Å². The number of hydrogen-bond donors (Lipinski definition) is 1. The van der Waals surface area contributed by atoms with E-state index in [9.17, 15) is 5.11 Å². The molecular weight excluding hydrogens is 202 g/mol. The predicted octanol–water partition coefficient (Wildman–Crippen LogP) is 1.40. The third-order valence-electron chi connectivity index (χ3n) is 4.72. The molecule has 1 N–H and O–H groups in total. The maximum absolute atomic E-state index is 10.3. The van der Waals surface area contributed by atoms with E-state index in [1.165, 1.54) is 38.8 Å². The lowest BCUT2D eigenvalue weighted by Gasteiger charge is -2.53. The first-order valence-electron chi connectivity index (χ1n) is 6.72. The van der Waals surface area contributed by atoms with Crippen molar-refractivity contribution >= 4 is 0 Å². The summed E-state index contributed by atoms with van der Waals surface area (Å²) < 4.78 is 5.42. The zero-order valence-corrected chi connectivity index (χ0v) is 10.1. The van der Waals surface area contributed by atoms with E-state index < -0.39 is 0 Å². The van der Waals surface area contributed by atoms with Gasteiger partial charge >= 0.3 is 0 Å². The lowest BCUT2D eigenvalue weighted by molar-refractivity contribution is -0.108. The topological polar surface area (TPSA) is 32.7 Å². The summed E-state index contributed by atoms with van der Waals surface area (Å²) in [5.41, 5.74) is 0.194. The summed E-state index contributed by atoms with van der Waals surface area (Å²) >= 11 is 0. The molecule has 1 saturated carbocycles. The zero-order valence-electron chi connectivity index (χ0n) is 10.1. The number of nitrogens with zero attached hydrogens (tertiary/aromatic N) is 1. The Balaban J connectivity index is 1.49. The van der Waals surface area contributed by atoms with Gasteiger partial charge in [0.1, 0.15) is 0 Å². The second kappa shape index (κ2) is 3.97. The molecule has 0 aromatic carbocycles. The van der Waals surface area contributed by atoms with Crippen molar-refractivity contribution < 1.29 is 9.84 Å². The summed E-state index contributed by atoms with van der Waals surface area (Å²) in [6, 6.07) is 0. The van der Waals surface area contributed by atoms with Gasteiger partial charge in [0.2, 0.25) is 0 Å². The monoisotopic (exact) mass is 225 g/mol. The van der Waals surface area contributed by atoms with Crippen molar-refractivity contribution in [3.63, 3.8) is 0 Å². The lowest BCUT2D eigenvalue weighted by atomic mass is 9.73. The van der Waals surface area contributed by atoms with Crippen molar-refractivity contribution in [1.29, 1.82) is 0 Å². The summed E-state index contributed by atoms with van der Waals surface area (Å²) in [7, 11) is 0. The second-order valence-electron chi connectivity index (χ2n) is 6.19. The molecule has 0 unspecified atom stereocenters. The molecule has 0 radical (unpaired) electrons. The van der Waals surface area contributed by atoms with Gasteiger partial charge in [-0.3, -0.25) is 4.90 Å². The van der Waals surface area contributed by atoms with Crippen LogP contribution >= 0.6 is 0 Å². The van der Waals surface area contributed by atoms with Crippen molar-refractivity contribution in [3.05, 3.63) is 0 Å². The molecule has 0 aromatic rings. The summed E-state index contributed by atoms with van der Waals surface area (Å²) in [6.45, 7) is 5.18. The Labute approximate surface area is 97.8 Å². The minimum atomic E-state index is -0.354. The average molecular weight is 225 g/mol. The number of ether oxygens (including phenoxy) is 1. The number of β-amino-alcohol motifs (C(OH)–C–C–N with tert-alkyl or cyclic N) is 1. The molecule has 3 rings (SSSR count). The highest BCUT2D eigenvalue weighted by atomic mass is 16.5. The molecule has 3 heteroatoms. The molecule has 2 heterocycles. The van der Waals surface area contributed by atoms with E-state index in [2.05, 4.69) is 4.90 Å². The van der Waals surface area contributed by atoms with E-state index in [0.717, 1.165) is 32.6 Å². The minimum absolute atomic E-state index is 0.354. The van der Waals surface area contributed by atoms with Crippen molar-refractivity contribution in [3.8, 4) is 0 Å². The Bertz CT molecular complexity index is 247. The quantitative estimate of drug-likeness (QED) is 0.771. The highest BCUT2D eigenvalue weighted by molar-refractivity contribution is 4.99. The van der Waals surface area contributed by atoms with Crippen molar-refractivity contribution in [2.75, 3.05) is 32.8 Å². The standard InChI is InChI=1S/C13H23NO2/c15-13(3-1-2-4-13)11-14-9-12(10-14)5-7-16-8-6-12/h15H,1-11H2. The van der Waals surface area contributed by atoms with Gasteiger partial charge in [-0.05, 0) is 25.7 Å². The predicted molar refractivity (Wildman–Crippen MR) is 62.3 cm³/mol. The zero-order chi connectivity index (χ0) is 11.1. The molecule has 0 bridgehead atoms. The highest BCUT2D eigenvalue weighted by Crippen LogP contribution is 2.41. The normalized spacial score (nSPS) is 32.8. The Morgan fingerprint density at radius 1 is 1.00 bits per heavy atom. The summed E-state index contributed by atoms with van der Waals surface area (Å²) in [4.78, 5) is 2.46. The molecule has 0 atom stereocenters. The molecule has 0 aromatic heterocycles. The van der Waals surface area contributed by atoms with Gasteiger partial charge in [-0.1, -0.05) is 12.8 Å². The fraction of sp³-hybridized carbons (Fsp3) is 1.00. The average Bonchev–Trinajstić information content (AvgIpc) is 2.64. The smallest absolute Gasteiger partial charge is 0.0774 e.